The molecular formula is C40H42Cl2N6O8. The van der Waals surface area contributed by atoms with Crippen molar-refractivity contribution in [3.63, 3.8) is 0 Å². The minimum atomic E-state index is -1.50. The quantitative estimate of drug-likeness (QED) is 0.0695. The van der Waals surface area contributed by atoms with Gasteiger partial charge in [-0.2, -0.15) is 20.5 Å². The lowest BCUT2D eigenvalue weighted by Crippen LogP contribution is -2.31. The molecule has 2 atom stereocenters. The van der Waals surface area contributed by atoms with Gasteiger partial charge in [-0.25, -0.2) is 0 Å². The third kappa shape index (κ3) is 12.1. The SMILES string of the molecule is CCOc1cc(NC(=O)C(N=Nc2ccc(-c3cc(Cl)c(N=NC(C(C)=O)C(=O)Nc4cc(OCC)cc(OCC)c4)c(Cl)c3)cc2)C(C)=O)cc(OCC)c1. The summed E-state index contributed by atoms with van der Waals surface area (Å²) >= 11 is 13.1. The zero-order valence-electron chi connectivity index (χ0n) is 31.7. The van der Waals surface area contributed by atoms with E-state index in [9.17, 15) is 19.2 Å². The van der Waals surface area contributed by atoms with E-state index in [1.54, 1.807) is 72.8 Å². The molecule has 0 aliphatic carbocycles. The van der Waals surface area contributed by atoms with Gasteiger partial charge in [0.25, 0.3) is 11.8 Å². The number of amides is 2. The van der Waals surface area contributed by atoms with Gasteiger partial charge in [-0.3, -0.25) is 19.2 Å². The van der Waals surface area contributed by atoms with Crippen molar-refractivity contribution in [2.24, 2.45) is 20.5 Å². The Morgan fingerprint density at radius 2 is 0.929 bits per heavy atom. The van der Waals surface area contributed by atoms with Crippen LogP contribution in [0.4, 0.5) is 22.7 Å². The summed E-state index contributed by atoms with van der Waals surface area (Å²) in [6.45, 7) is 11.4. The number of hydrogen-bond donors (Lipinski definition) is 2. The van der Waals surface area contributed by atoms with Crippen LogP contribution in [0.2, 0.25) is 10.0 Å². The Kier molecular flexibility index (Phi) is 15.9. The Morgan fingerprint density at radius 1 is 0.554 bits per heavy atom. The third-order valence-electron chi connectivity index (χ3n) is 7.59. The summed E-state index contributed by atoms with van der Waals surface area (Å²) in [7, 11) is 0. The second-order valence-corrected chi connectivity index (χ2v) is 12.7. The van der Waals surface area contributed by atoms with Gasteiger partial charge in [-0.15, -0.1) is 0 Å². The van der Waals surface area contributed by atoms with Crippen LogP contribution in [0.3, 0.4) is 0 Å². The highest BCUT2D eigenvalue weighted by Gasteiger charge is 2.25. The van der Waals surface area contributed by atoms with Gasteiger partial charge < -0.3 is 29.6 Å². The number of carbonyl (C=O) groups is 4. The summed E-state index contributed by atoms with van der Waals surface area (Å²) in [5.74, 6) is -0.511. The molecule has 0 spiro atoms. The average molecular weight is 806 g/mol. The van der Waals surface area contributed by atoms with Crippen molar-refractivity contribution in [1.82, 2.24) is 0 Å². The Morgan fingerprint density at radius 3 is 1.29 bits per heavy atom. The van der Waals surface area contributed by atoms with Gasteiger partial charge in [0.2, 0.25) is 12.1 Å². The molecule has 294 valence electrons. The maximum Gasteiger partial charge on any atom is 0.258 e. The Balaban J connectivity index is 1.47. The van der Waals surface area contributed by atoms with Gasteiger partial charge >= 0.3 is 0 Å². The fourth-order valence-corrected chi connectivity index (χ4v) is 5.70. The molecule has 2 amide bonds. The van der Waals surface area contributed by atoms with Crippen LogP contribution in [-0.2, 0) is 19.2 Å². The molecule has 4 aromatic rings. The number of benzene rings is 4. The van der Waals surface area contributed by atoms with Crippen molar-refractivity contribution >= 4 is 69.3 Å². The molecule has 0 saturated heterocycles. The number of nitrogens with zero attached hydrogens (tertiary/aromatic N) is 4. The van der Waals surface area contributed by atoms with Crippen LogP contribution in [0.5, 0.6) is 23.0 Å². The molecule has 2 N–H and O–H groups in total. The van der Waals surface area contributed by atoms with E-state index in [1.165, 1.54) is 13.8 Å². The topological polar surface area (TPSA) is 179 Å². The van der Waals surface area contributed by atoms with Crippen molar-refractivity contribution in [3.8, 4) is 34.1 Å². The lowest BCUT2D eigenvalue weighted by atomic mass is 10.0. The van der Waals surface area contributed by atoms with Crippen LogP contribution in [-0.4, -0.2) is 61.9 Å². The van der Waals surface area contributed by atoms with E-state index < -0.39 is 35.5 Å². The lowest BCUT2D eigenvalue weighted by molar-refractivity contribution is -0.127. The van der Waals surface area contributed by atoms with E-state index in [4.69, 9.17) is 42.1 Å². The predicted molar refractivity (Wildman–Crippen MR) is 215 cm³/mol. The van der Waals surface area contributed by atoms with E-state index >= 15 is 0 Å². The summed E-state index contributed by atoms with van der Waals surface area (Å²) in [4.78, 5) is 51.1. The Bertz CT molecular complexity index is 2040. The van der Waals surface area contributed by atoms with Crippen LogP contribution in [0.25, 0.3) is 11.1 Å². The van der Waals surface area contributed by atoms with Crippen molar-refractivity contribution in [2.45, 2.75) is 53.6 Å². The molecule has 0 aliphatic rings. The van der Waals surface area contributed by atoms with Crippen LogP contribution >= 0.6 is 23.2 Å². The van der Waals surface area contributed by atoms with E-state index in [0.29, 0.717) is 77.6 Å². The first kappa shape index (κ1) is 42.9. The monoisotopic (exact) mass is 804 g/mol. The minimum Gasteiger partial charge on any atom is -0.494 e. The number of halogens is 2. The van der Waals surface area contributed by atoms with Gasteiger partial charge in [0.1, 0.15) is 28.7 Å². The summed E-state index contributed by atoms with van der Waals surface area (Å²) in [5, 5.41) is 21.8. The fourth-order valence-electron chi connectivity index (χ4n) is 5.13. The summed E-state index contributed by atoms with van der Waals surface area (Å²) in [6, 6.07) is 16.9. The maximum absolute atomic E-state index is 13.1. The molecule has 14 nitrogen and oxygen atoms in total. The number of azo groups is 2. The van der Waals surface area contributed by atoms with Crippen molar-refractivity contribution in [3.05, 3.63) is 82.8 Å². The van der Waals surface area contributed by atoms with E-state index in [0.717, 1.165) is 0 Å². The third-order valence-corrected chi connectivity index (χ3v) is 8.16. The normalized spacial score (nSPS) is 12.2. The molecule has 4 aromatic carbocycles. The molecule has 0 saturated carbocycles. The second kappa shape index (κ2) is 20.7. The van der Waals surface area contributed by atoms with Crippen LogP contribution < -0.4 is 29.6 Å². The number of ether oxygens (including phenoxy) is 4. The highest BCUT2D eigenvalue weighted by atomic mass is 35.5. The Hall–Kier alpha value is -5.86. The molecule has 4 rings (SSSR count). The number of ketones is 2. The first-order valence-electron chi connectivity index (χ1n) is 17.7. The number of rotatable bonds is 19. The molecule has 0 aliphatic heterocycles. The molecular weight excluding hydrogens is 763 g/mol. The molecule has 0 heterocycles. The number of nitrogens with one attached hydrogen (secondary N) is 2. The zero-order chi connectivity index (χ0) is 40.8. The molecule has 0 fully saturated rings. The van der Waals surface area contributed by atoms with Crippen LogP contribution in [0.1, 0.15) is 41.5 Å². The minimum absolute atomic E-state index is 0.0609. The standard InChI is InChI=1S/C40H42Cl2N6O8/c1-7-53-30-17-28(18-31(21-30)54-8-2)43-39(51)36(23(5)49)46-45-27-13-11-25(12-14-27)26-15-34(41)38(35(42)16-26)48-47-37(24(6)50)40(52)44-29-19-32(55-9-3)22-33(20-29)56-10-4/h11-22,36-37H,7-10H2,1-6H3,(H,43,51)(H,44,52). The highest BCUT2D eigenvalue weighted by Crippen LogP contribution is 2.38. The highest BCUT2D eigenvalue weighted by molar-refractivity contribution is 6.39. The van der Waals surface area contributed by atoms with Gasteiger partial charge in [-0.05, 0) is 76.9 Å². The zero-order valence-corrected chi connectivity index (χ0v) is 33.2. The van der Waals surface area contributed by atoms with E-state index in [1.807, 2.05) is 27.7 Å². The fraction of sp³-hybridized carbons (Fsp3) is 0.300. The number of hydrogen-bond acceptors (Lipinski definition) is 12. The summed E-state index contributed by atoms with van der Waals surface area (Å²) < 4.78 is 22.2. The maximum atomic E-state index is 13.1. The van der Waals surface area contributed by atoms with E-state index in [2.05, 4.69) is 31.1 Å². The van der Waals surface area contributed by atoms with Gasteiger partial charge in [0.05, 0.1) is 42.2 Å². The number of Topliss-reactive ketones (excluding diaryl/α,β-unsaturated/α-hetero) is 2. The van der Waals surface area contributed by atoms with Crippen molar-refractivity contribution < 1.29 is 38.1 Å². The van der Waals surface area contributed by atoms with Crippen molar-refractivity contribution in [1.29, 1.82) is 0 Å². The molecule has 56 heavy (non-hydrogen) atoms. The van der Waals surface area contributed by atoms with Gasteiger partial charge in [0, 0.05) is 47.8 Å². The summed E-state index contributed by atoms with van der Waals surface area (Å²) in [6.07, 6.45) is 0. The summed E-state index contributed by atoms with van der Waals surface area (Å²) in [5.41, 5.74) is 2.47. The first-order chi connectivity index (χ1) is 26.8. The van der Waals surface area contributed by atoms with Crippen LogP contribution in [0.15, 0.2) is 93.3 Å². The molecule has 0 bridgehead atoms. The largest absolute Gasteiger partial charge is 0.494 e. The number of carbonyl (C=O) groups excluding carboxylic acids is 4. The second-order valence-electron chi connectivity index (χ2n) is 11.9. The average Bonchev–Trinajstić information content (AvgIpc) is 3.13. The van der Waals surface area contributed by atoms with Crippen molar-refractivity contribution in [2.75, 3.05) is 37.1 Å². The molecule has 0 aromatic heterocycles. The number of anilines is 2. The lowest BCUT2D eigenvalue weighted by Gasteiger charge is -2.13. The Labute approximate surface area is 334 Å². The predicted octanol–water partition coefficient (Wildman–Crippen LogP) is 9.62. The van der Waals surface area contributed by atoms with Crippen LogP contribution in [0, 0.1) is 0 Å². The first-order valence-corrected chi connectivity index (χ1v) is 18.5. The van der Waals surface area contributed by atoms with Gasteiger partial charge in [0.15, 0.2) is 11.6 Å². The molecule has 0 radical (unpaired) electrons. The van der Waals surface area contributed by atoms with Gasteiger partial charge in [-0.1, -0.05) is 35.3 Å². The smallest absolute Gasteiger partial charge is 0.258 e. The van der Waals surface area contributed by atoms with E-state index in [-0.39, 0.29) is 15.7 Å². The molecule has 2 unspecified atom stereocenters. The molecule has 16 heteroatoms.